The summed E-state index contributed by atoms with van der Waals surface area (Å²) >= 11 is 3.25. The van der Waals surface area contributed by atoms with E-state index in [4.69, 9.17) is 40.9 Å². The molecule has 143 heavy (non-hydrogen) atoms. The fourth-order valence-electron chi connectivity index (χ4n) is 15.0. The lowest BCUT2D eigenvalue weighted by Crippen LogP contribution is -2.02. The van der Waals surface area contributed by atoms with Crippen molar-refractivity contribution in [2.75, 3.05) is 39.6 Å². The molecule has 0 spiro atoms. The van der Waals surface area contributed by atoms with E-state index in [0.717, 1.165) is 118 Å². The normalized spacial score (nSPS) is 10.7. The van der Waals surface area contributed by atoms with E-state index in [-0.39, 0.29) is 67.5 Å². The molecule has 726 valence electrons. The van der Waals surface area contributed by atoms with E-state index in [2.05, 4.69) is 76.4 Å². The van der Waals surface area contributed by atoms with Gasteiger partial charge < -0.3 is 61.3 Å². The molecule has 0 atom stereocenters. The van der Waals surface area contributed by atoms with Gasteiger partial charge in [-0.05, 0) is 214 Å². The molecule has 0 radical (unpaired) electrons. The molecule has 0 amide bonds. The van der Waals surface area contributed by atoms with E-state index in [1.807, 2.05) is 116 Å². The summed E-state index contributed by atoms with van der Waals surface area (Å²) in [5.41, 5.74) is 21.4. The summed E-state index contributed by atoms with van der Waals surface area (Å²) < 4.78 is 24.0. The number of aliphatic hydroxyl groups is 6. The summed E-state index contributed by atoms with van der Waals surface area (Å²) in [6.45, 7) is 7.25. The minimum absolute atomic E-state index is 0.0218. The quantitative estimate of drug-likeness (QED) is 0.0199. The first-order valence-electron chi connectivity index (χ1n) is 44.1. The van der Waals surface area contributed by atoms with E-state index in [1.165, 1.54) is 12.1 Å². The van der Waals surface area contributed by atoms with Crippen LogP contribution < -0.4 is 0 Å². The fourth-order valence-corrected chi connectivity index (χ4v) is 15.4. The second-order valence-corrected chi connectivity index (χ2v) is 32.4. The lowest BCUT2D eigenvalue weighted by molar-refractivity contribution is 0.0681. The topological polar surface area (TPSA) is 529 Å². The second-order valence-electron chi connectivity index (χ2n) is 31.6. The van der Waals surface area contributed by atoms with Crippen LogP contribution in [-0.2, 0) is 39.3 Å². The summed E-state index contributed by atoms with van der Waals surface area (Å²) in [5, 5.41) is 138. The number of benzene rings is 6. The molecule has 12 heterocycles. The molecule has 36 nitrogen and oxygen atoms in total. The third-order valence-corrected chi connectivity index (χ3v) is 22.7. The van der Waals surface area contributed by atoms with Crippen LogP contribution in [0, 0.1) is 26.6 Å². The van der Waals surface area contributed by atoms with Crippen molar-refractivity contribution in [3.63, 3.8) is 0 Å². The minimum atomic E-state index is -1.33. The van der Waals surface area contributed by atoms with Crippen LogP contribution in [0.2, 0.25) is 0 Å². The average Bonchev–Trinajstić information content (AvgIpc) is 1.68. The van der Waals surface area contributed by atoms with Crippen LogP contribution in [0.25, 0.3) is 134 Å². The van der Waals surface area contributed by atoms with Crippen molar-refractivity contribution >= 4 is 51.7 Å². The van der Waals surface area contributed by atoms with Crippen LogP contribution in [0.5, 0.6) is 0 Å². The minimum Gasteiger partial charge on any atom is -0.478 e. The Morgan fingerprint density at radius 2 is 0.462 bits per heavy atom. The molecule has 18 rings (SSSR count). The molecule has 0 aliphatic carbocycles. The number of aromatic nitrogens is 18. The van der Waals surface area contributed by atoms with Crippen molar-refractivity contribution in [2.24, 2.45) is 0 Å². The zero-order valence-electron chi connectivity index (χ0n) is 76.9. The highest BCUT2D eigenvalue weighted by molar-refractivity contribution is 9.10. The first-order chi connectivity index (χ1) is 69.2. The molecule has 6 aromatic carbocycles. The van der Waals surface area contributed by atoms with Gasteiger partial charge in [0.1, 0.15) is 40.0 Å². The number of aryl methyl sites for hydroxylation is 3. The molecule has 0 bridgehead atoms. The lowest BCUT2D eigenvalue weighted by atomic mass is 9.98. The number of carbonyl (C=O) groups is 6. The van der Waals surface area contributed by atoms with Gasteiger partial charge >= 0.3 is 35.8 Å². The van der Waals surface area contributed by atoms with Crippen LogP contribution in [-0.4, -0.2) is 225 Å². The van der Waals surface area contributed by atoms with Crippen LogP contribution in [0.1, 0.15) is 78.8 Å². The first kappa shape index (κ1) is 103. The number of pyridine rings is 6. The predicted octanol–water partition coefficient (Wildman–Crippen LogP) is 15.6. The number of aliphatic hydroxyl groups excluding tert-OH is 6. The summed E-state index contributed by atoms with van der Waals surface area (Å²) in [7, 11) is 0. The maximum Gasteiger partial charge on any atom is 0.338 e. The van der Waals surface area contributed by atoms with Crippen LogP contribution >= 0.6 is 15.9 Å². The standard InChI is InChI=1S/3C18H17N3O3.C17H14BrN3O3.C17H14FN3O3.C17H15N3O3/c3*1-12-2-3-14(10-15(12)18(23)24)16-11-21(8-9-22)20-17(16)13-4-6-19-7-5-13;2*18-15-2-1-12(9-13(15)17(23)24)14-10-21(7-8-22)20-16(14)11-3-5-19-6-4-11;21-9-8-20-11-15(13-2-1-3-14(10-13)17(22)23)16(19-20)12-4-6-18-7-5-12/h3*2-7,10-11,22H,8-9H2,1H3,(H,23,24);2*1-6,9-10,22H,7-8H2,(H,23,24);1-7,10-11,21H,8-9H2,(H,22,23). The van der Waals surface area contributed by atoms with Crippen LogP contribution in [0.3, 0.4) is 0 Å². The van der Waals surface area contributed by atoms with E-state index in [9.17, 15) is 53.6 Å². The van der Waals surface area contributed by atoms with E-state index < -0.39 is 47.2 Å². The van der Waals surface area contributed by atoms with E-state index in [1.54, 1.807) is 214 Å². The number of carboxylic acid groups (broad SMARTS) is 6. The van der Waals surface area contributed by atoms with Gasteiger partial charge in [-0.2, -0.15) is 30.6 Å². The Morgan fingerprint density at radius 3 is 0.685 bits per heavy atom. The largest absolute Gasteiger partial charge is 0.478 e. The molecule has 12 N–H and O–H groups in total. The molecule has 18 aromatic rings. The fraction of sp³-hybridized carbons (Fsp3) is 0.143. The van der Waals surface area contributed by atoms with Gasteiger partial charge in [0.25, 0.3) is 0 Å². The number of rotatable bonds is 30. The van der Waals surface area contributed by atoms with Gasteiger partial charge in [0, 0.05) is 183 Å². The molecule has 0 saturated heterocycles. The smallest absolute Gasteiger partial charge is 0.338 e. The highest BCUT2D eigenvalue weighted by atomic mass is 79.9. The molecular formula is C105H94BrFN18O18. The highest BCUT2D eigenvalue weighted by Gasteiger charge is 2.25. The van der Waals surface area contributed by atoms with Crippen molar-refractivity contribution < 1.29 is 94.4 Å². The van der Waals surface area contributed by atoms with Gasteiger partial charge in [0.2, 0.25) is 0 Å². The van der Waals surface area contributed by atoms with Gasteiger partial charge in [0.15, 0.2) is 0 Å². The summed E-state index contributed by atoms with van der Waals surface area (Å²) in [6.07, 6.45) is 30.8. The zero-order chi connectivity index (χ0) is 102. The van der Waals surface area contributed by atoms with Crippen molar-refractivity contribution in [1.29, 1.82) is 0 Å². The number of hydrogen-bond donors (Lipinski definition) is 12. The van der Waals surface area contributed by atoms with Crippen LogP contribution in [0.15, 0.2) is 304 Å². The average molecular weight is 1990 g/mol. The molecule has 12 aromatic heterocycles. The van der Waals surface area contributed by atoms with Gasteiger partial charge in [0.05, 0.1) is 112 Å². The Bertz CT molecular complexity index is 6620. The Labute approximate surface area is 824 Å². The van der Waals surface area contributed by atoms with Crippen molar-refractivity contribution in [3.05, 3.63) is 360 Å². The Morgan fingerprint density at radius 1 is 0.252 bits per heavy atom. The molecule has 0 aliphatic rings. The molecule has 0 aliphatic heterocycles. The third kappa shape index (κ3) is 26.1. The monoisotopic (exact) mass is 1990 g/mol. The summed E-state index contributed by atoms with van der Waals surface area (Å²) in [5.74, 6) is -6.97. The van der Waals surface area contributed by atoms with Crippen LogP contribution in [0.4, 0.5) is 4.39 Å². The maximum atomic E-state index is 13.6. The molecule has 0 saturated carbocycles. The highest BCUT2D eigenvalue weighted by Crippen LogP contribution is 2.40. The molecule has 0 unspecified atom stereocenters. The number of hydrogen-bond acceptors (Lipinski definition) is 24. The van der Waals surface area contributed by atoms with Crippen molar-refractivity contribution in [1.82, 2.24) is 88.6 Å². The van der Waals surface area contributed by atoms with E-state index >= 15 is 0 Å². The van der Waals surface area contributed by atoms with Crippen molar-refractivity contribution in [2.45, 2.75) is 60.0 Å². The predicted molar refractivity (Wildman–Crippen MR) is 532 cm³/mol. The second kappa shape index (κ2) is 49.2. The third-order valence-electron chi connectivity index (χ3n) is 22.0. The number of nitrogens with zero attached hydrogens (tertiary/aromatic N) is 18. The zero-order valence-corrected chi connectivity index (χ0v) is 78.5. The van der Waals surface area contributed by atoms with Gasteiger partial charge in [-0.3, -0.25) is 58.0 Å². The van der Waals surface area contributed by atoms with Crippen molar-refractivity contribution in [3.8, 4) is 134 Å². The van der Waals surface area contributed by atoms with Gasteiger partial charge in [-0.1, -0.05) is 60.7 Å². The maximum absolute atomic E-state index is 13.6. The molecular weight excluding hydrogens is 1900 g/mol. The Balaban J connectivity index is 0.000000144. The molecule has 38 heteroatoms. The first-order valence-corrected chi connectivity index (χ1v) is 44.9. The SMILES string of the molecule is Cc1ccc(-c2cn(CCO)nc2-c2ccncc2)cc1C(=O)O.Cc1ccc(-c2cn(CCO)nc2-c2ccncc2)cc1C(=O)O.Cc1ccc(-c2cn(CCO)nc2-c2ccncc2)cc1C(=O)O.O=C(O)c1cc(-c2cn(CCO)nc2-c2ccncc2)ccc1Br.O=C(O)c1cc(-c2cn(CCO)nc2-c2ccncc2)ccc1F.O=C(O)c1cccc(-c2cn(CCO)nc2-c2ccncc2)c1. The Kier molecular flexibility index (Phi) is 35.4. The van der Waals surface area contributed by atoms with Gasteiger partial charge in [-0.25, -0.2) is 33.2 Å². The van der Waals surface area contributed by atoms with Gasteiger partial charge in [-0.15, -0.1) is 0 Å². The number of halogens is 2. The number of carboxylic acids is 6. The summed E-state index contributed by atoms with van der Waals surface area (Å²) in [6, 6.07) is 53.8. The van der Waals surface area contributed by atoms with E-state index in [0.29, 0.717) is 82.9 Å². The number of aromatic carboxylic acids is 6. The molecule has 0 fully saturated rings. The summed E-state index contributed by atoms with van der Waals surface area (Å²) in [4.78, 5) is 92.0. The lowest BCUT2D eigenvalue weighted by Gasteiger charge is -2.06. The Hall–Kier alpha value is -17.5.